The van der Waals surface area contributed by atoms with Crippen LogP contribution in [0.2, 0.25) is 0 Å². The third kappa shape index (κ3) is 4.16. The molecule has 2 aromatic rings. The quantitative estimate of drug-likeness (QED) is 0.543. The van der Waals surface area contributed by atoms with Crippen LogP contribution in [-0.4, -0.2) is 19.0 Å². The first-order valence-corrected chi connectivity index (χ1v) is 7.43. The Morgan fingerprint density at radius 3 is 2.27 bits per heavy atom. The number of hydrogen-bond acceptors (Lipinski definition) is 2. The average Bonchev–Trinajstić information content (AvgIpc) is 2.45. The summed E-state index contributed by atoms with van der Waals surface area (Å²) < 4.78 is 56.2. The fourth-order valence-electron chi connectivity index (χ4n) is 1.96. The van der Waals surface area contributed by atoms with Gasteiger partial charge in [0.25, 0.3) is 0 Å². The van der Waals surface area contributed by atoms with Crippen LogP contribution in [0.25, 0.3) is 11.1 Å². The second-order valence-electron chi connectivity index (χ2n) is 4.73. The summed E-state index contributed by atoms with van der Waals surface area (Å²) in [6, 6.07) is 9.42. The van der Waals surface area contributed by atoms with E-state index < -0.39 is 17.7 Å². The van der Waals surface area contributed by atoms with Crippen molar-refractivity contribution < 1.29 is 22.3 Å². The molecule has 0 aliphatic carbocycles. The summed E-state index contributed by atoms with van der Waals surface area (Å²) in [7, 11) is 1.52. The molecule has 0 atom stereocenters. The van der Waals surface area contributed by atoms with Crippen molar-refractivity contribution in [3.63, 3.8) is 0 Å². The lowest BCUT2D eigenvalue weighted by molar-refractivity contribution is -0.105. The van der Waals surface area contributed by atoms with Gasteiger partial charge in [0.05, 0.1) is 12.9 Å². The second-order valence-corrected chi connectivity index (χ2v) is 5.75. The Kier molecular flexibility index (Phi) is 5.01. The van der Waals surface area contributed by atoms with Crippen LogP contribution in [0, 0.1) is 12.7 Å². The van der Waals surface area contributed by atoms with Crippen molar-refractivity contribution in [1.29, 1.82) is 0 Å². The van der Waals surface area contributed by atoms with Gasteiger partial charge in [0.15, 0.2) is 0 Å². The zero-order valence-electron chi connectivity index (χ0n) is 12.0. The van der Waals surface area contributed by atoms with Gasteiger partial charge in [-0.25, -0.2) is 4.39 Å². The van der Waals surface area contributed by atoms with Crippen molar-refractivity contribution in [1.82, 2.24) is 0 Å². The van der Waals surface area contributed by atoms with E-state index in [1.165, 1.54) is 19.2 Å². The van der Waals surface area contributed by atoms with E-state index in [0.717, 1.165) is 0 Å². The molecule has 0 heterocycles. The Balaban J connectivity index is 2.34. The number of alkyl halides is 3. The first-order valence-electron chi connectivity index (χ1n) is 6.44. The third-order valence-electron chi connectivity index (χ3n) is 3.06. The maximum Gasteiger partial charge on any atom is 0.398 e. The van der Waals surface area contributed by atoms with E-state index in [4.69, 9.17) is 4.74 Å². The molecule has 0 N–H and O–H groups in total. The van der Waals surface area contributed by atoms with Gasteiger partial charge in [-0.05, 0) is 42.3 Å². The molecule has 0 radical (unpaired) electrons. The van der Waals surface area contributed by atoms with Crippen molar-refractivity contribution in [2.75, 3.05) is 12.9 Å². The predicted molar refractivity (Wildman–Crippen MR) is 79.9 cm³/mol. The Bertz CT molecular complexity index is 650. The summed E-state index contributed by atoms with van der Waals surface area (Å²) in [5.41, 5.74) is 1.36. The molecule has 118 valence electrons. The lowest BCUT2D eigenvalue weighted by Gasteiger charge is -2.12. The van der Waals surface area contributed by atoms with Crippen molar-refractivity contribution in [2.45, 2.75) is 18.0 Å². The Labute approximate surface area is 130 Å². The van der Waals surface area contributed by atoms with E-state index >= 15 is 0 Å². The van der Waals surface area contributed by atoms with Crippen LogP contribution in [0.1, 0.15) is 5.56 Å². The molecule has 0 aliphatic heterocycles. The maximum atomic E-state index is 14.1. The topological polar surface area (TPSA) is 9.23 Å². The van der Waals surface area contributed by atoms with Gasteiger partial charge in [-0.2, -0.15) is 13.2 Å². The van der Waals surface area contributed by atoms with E-state index in [1.54, 1.807) is 31.2 Å². The molecule has 2 aromatic carbocycles. The zero-order valence-corrected chi connectivity index (χ0v) is 12.8. The summed E-state index contributed by atoms with van der Waals surface area (Å²) in [5, 5.41) is 0. The average molecular weight is 330 g/mol. The monoisotopic (exact) mass is 330 g/mol. The molecule has 0 saturated carbocycles. The molecule has 0 saturated heterocycles. The number of aryl methyl sites for hydroxylation is 1. The van der Waals surface area contributed by atoms with Gasteiger partial charge >= 0.3 is 6.18 Å². The van der Waals surface area contributed by atoms with Crippen LogP contribution >= 0.6 is 11.8 Å². The molecule has 0 spiro atoms. The van der Waals surface area contributed by atoms with Gasteiger partial charge in [-0.15, -0.1) is 11.8 Å². The van der Waals surface area contributed by atoms with Crippen molar-refractivity contribution in [2.24, 2.45) is 0 Å². The first-order chi connectivity index (χ1) is 10.3. The first kappa shape index (κ1) is 16.7. The van der Waals surface area contributed by atoms with Crippen LogP contribution in [0.3, 0.4) is 0 Å². The molecule has 0 aliphatic rings. The molecular weight excluding hydrogens is 316 g/mol. The van der Waals surface area contributed by atoms with Crippen molar-refractivity contribution in [3.05, 3.63) is 47.8 Å². The summed E-state index contributed by atoms with van der Waals surface area (Å²) in [6.07, 6.45) is -4.26. The molecular formula is C16H14F4OS. The lowest BCUT2D eigenvalue weighted by Crippen LogP contribution is -2.10. The number of hydrogen-bond donors (Lipinski definition) is 0. The van der Waals surface area contributed by atoms with Crippen LogP contribution in [0.15, 0.2) is 41.3 Å². The Morgan fingerprint density at radius 1 is 1.09 bits per heavy atom. The predicted octanol–water partition coefficient (Wildman–Crippen LogP) is 5.46. The minimum atomic E-state index is -4.26. The normalized spacial score (nSPS) is 11.5. The highest BCUT2D eigenvalue weighted by Crippen LogP contribution is 2.34. The van der Waals surface area contributed by atoms with Crippen LogP contribution in [-0.2, 0) is 0 Å². The van der Waals surface area contributed by atoms with Gasteiger partial charge in [-0.3, -0.25) is 0 Å². The van der Waals surface area contributed by atoms with Crippen LogP contribution < -0.4 is 4.74 Å². The molecule has 0 amide bonds. The number of methoxy groups -OCH3 is 1. The largest absolute Gasteiger partial charge is 0.497 e. The molecule has 1 nitrogen and oxygen atoms in total. The minimum Gasteiger partial charge on any atom is -0.497 e. The fourth-order valence-corrected chi connectivity index (χ4v) is 2.77. The third-order valence-corrected chi connectivity index (χ3v) is 4.28. The SMILES string of the molecule is COc1ccc(-c2cc(SCC(F)(F)F)c(C)cc2F)cc1. The van der Waals surface area contributed by atoms with E-state index in [-0.39, 0.29) is 5.56 Å². The zero-order chi connectivity index (χ0) is 16.3. The van der Waals surface area contributed by atoms with Gasteiger partial charge in [0.2, 0.25) is 0 Å². The second kappa shape index (κ2) is 6.60. The number of rotatable bonds is 4. The van der Waals surface area contributed by atoms with E-state index in [2.05, 4.69) is 0 Å². The molecule has 2 rings (SSSR count). The fraction of sp³-hybridized carbons (Fsp3) is 0.250. The van der Waals surface area contributed by atoms with E-state index in [9.17, 15) is 17.6 Å². The van der Waals surface area contributed by atoms with Gasteiger partial charge in [0.1, 0.15) is 11.6 Å². The smallest absolute Gasteiger partial charge is 0.398 e. The number of ether oxygens (including phenoxy) is 1. The Hall–Kier alpha value is -1.69. The molecule has 6 heteroatoms. The highest BCUT2D eigenvalue weighted by Gasteiger charge is 2.27. The minimum absolute atomic E-state index is 0.276. The highest BCUT2D eigenvalue weighted by molar-refractivity contribution is 7.99. The van der Waals surface area contributed by atoms with Gasteiger partial charge in [-0.1, -0.05) is 12.1 Å². The van der Waals surface area contributed by atoms with Crippen molar-refractivity contribution >= 4 is 11.8 Å². The molecule has 22 heavy (non-hydrogen) atoms. The number of halogens is 4. The molecule has 0 fully saturated rings. The lowest BCUT2D eigenvalue weighted by atomic mass is 10.0. The molecule has 0 bridgehead atoms. The summed E-state index contributed by atoms with van der Waals surface area (Å²) in [6.45, 7) is 1.60. The maximum absolute atomic E-state index is 14.1. The van der Waals surface area contributed by atoms with E-state index in [1.807, 2.05) is 0 Å². The molecule has 0 unspecified atom stereocenters. The Morgan fingerprint density at radius 2 is 1.73 bits per heavy atom. The van der Waals surface area contributed by atoms with Gasteiger partial charge < -0.3 is 4.74 Å². The summed E-state index contributed by atoms with van der Waals surface area (Å²) >= 11 is 0.663. The van der Waals surface area contributed by atoms with Crippen molar-refractivity contribution in [3.8, 4) is 16.9 Å². The standard InChI is InChI=1S/C16H14F4OS/c1-10-7-14(17)13(8-15(10)22-9-16(18,19)20)11-3-5-12(21-2)6-4-11/h3-8H,9H2,1-2H3. The summed E-state index contributed by atoms with van der Waals surface area (Å²) in [5.74, 6) is -0.830. The number of benzene rings is 2. The van der Waals surface area contributed by atoms with Crippen LogP contribution in [0.4, 0.5) is 17.6 Å². The van der Waals surface area contributed by atoms with Gasteiger partial charge in [0, 0.05) is 10.5 Å². The number of thioether (sulfide) groups is 1. The van der Waals surface area contributed by atoms with Crippen LogP contribution in [0.5, 0.6) is 5.75 Å². The van der Waals surface area contributed by atoms with E-state index in [0.29, 0.717) is 33.5 Å². The highest BCUT2D eigenvalue weighted by atomic mass is 32.2. The molecule has 0 aromatic heterocycles. The summed E-state index contributed by atoms with van der Waals surface area (Å²) in [4.78, 5) is 0.421.